The number of aryl methyl sites for hydroxylation is 2. The topological polar surface area (TPSA) is 82.8 Å². The van der Waals surface area contributed by atoms with Crippen molar-refractivity contribution in [1.29, 1.82) is 0 Å². The first-order valence-corrected chi connectivity index (χ1v) is 12.2. The Kier molecular flexibility index (Phi) is 5.42. The number of para-hydroxylation sites is 2. The van der Waals surface area contributed by atoms with Crippen molar-refractivity contribution in [2.45, 2.75) is 24.8 Å². The molecule has 0 unspecified atom stereocenters. The molecule has 0 atom stereocenters. The predicted molar refractivity (Wildman–Crippen MR) is 135 cm³/mol. The molecule has 0 bridgehead atoms. The third-order valence-electron chi connectivity index (χ3n) is 5.74. The van der Waals surface area contributed by atoms with Gasteiger partial charge in [-0.05, 0) is 38.1 Å². The van der Waals surface area contributed by atoms with Crippen molar-refractivity contribution in [3.05, 3.63) is 96.1 Å². The van der Waals surface area contributed by atoms with Gasteiger partial charge in [0.25, 0.3) is 5.89 Å². The van der Waals surface area contributed by atoms with Gasteiger partial charge in [0.2, 0.25) is 5.89 Å². The van der Waals surface area contributed by atoms with Gasteiger partial charge in [-0.1, -0.05) is 77.1 Å². The van der Waals surface area contributed by atoms with E-state index < -0.39 is 0 Å². The van der Waals surface area contributed by atoms with Crippen molar-refractivity contribution in [2.24, 2.45) is 0 Å². The number of nitrogens with zero attached hydrogens (tertiary/aromatic N) is 5. The molecule has 0 aliphatic heterocycles. The van der Waals surface area contributed by atoms with E-state index >= 15 is 0 Å². The first-order chi connectivity index (χ1) is 17.2. The van der Waals surface area contributed by atoms with Crippen LogP contribution in [0.25, 0.3) is 39.4 Å². The fourth-order valence-electron chi connectivity index (χ4n) is 4.00. The van der Waals surface area contributed by atoms with Crippen LogP contribution in [-0.2, 0) is 5.75 Å². The molecule has 35 heavy (non-hydrogen) atoms. The third kappa shape index (κ3) is 4.02. The van der Waals surface area contributed by atoms with Crippen LogP contribution in [0, 0.1) is 13.8 Å². The highest BCUT2D eigenvalue weighted by molar-refractivity contribution is 7.98. The molecule has 0 saturated heterocycles. The van der Waals surface area contributed by atoms with E-state index in [1.54, 1.807) is 11.8 Å². The number of hydrogen-bond donors (Lipinski definition) is 0. The van der Waals surface area contributed by atoms with E-state index in [0.717, 1.165) is 27.4 Å². The second-order valence-electron chi connectivity index (χ2n) is 8.17. The molecule has 3 aromatic heterocycles. The Balaban J connectivity index is 1.31. The molecule has 0 aliphatic rings. The molecule has 8 heteroatoms. The van der Waals surface area contributed by atoms with Crippen LogP contribution >= 0.6 is 11.8 Å². The second-order valence-corrected chi connectivity index (χ2v) is 9.11. The molecule has 7 nitrogen and oxygen atoms in total. The molecule has 3 aromatic carbocycles. The fraction of sp³-hybridized carbons (Fsp3) is 0.111. The zero-order valence-corrected chi connectivity index (χ0v) is 20.0. The summed E-state index contributed by atoms with van der Waals surface area (Å²) in [5.41, 5.74) is 6.60. The standard InChI is InChI=1S/C27H21N5O2S/c1-17-12-14-20(15-13-17)32-22-11-7-6-10-21(22)28-27(32)35-16-23-29-30-26(33-23)24-18(2)34-31-25(24)19-8-4-3-5-9-19/h3-15H,16H2,1-2H3. The quantitative estimate of drug-likeness (QED) is 0.248. The number of hydrogen-bond acceptors (Lipinski definition) is 7. The van der Waals surface area contributed by atoms with Crippen LogP contribution < -0.4 is 0 Å². The summed E-state index contributed by atoms with van der Waals surface area (Å²) in [6.45, 7) is 3.93. The Morgan fingerprint density at radius 1 is 0.857 bits per heavy atom. The number of thioether (sulfide) groups is 1. The van der Waals surface area contributed by atoms with E-state index in [1.807, 2.05) is 55.5 Å². The Morgan fingerprint density at radius 2 is 1.63 bits per heavy atom. The first-order valence-electron chi connectivity index (χ1n) is 11.2. The van der Waals surface area contributed by atoms with Crippen LogP contribution in [0.5, 0.6) is 0 Å². The summed E-state index contributed by atoms with van der Waals surface area (Å²) in [4.78, 5) is 4.86. The molecule has 0 aliphatic carbocycles. The Bertz CT molecular complexity index is 1620. The molecule has 172 valence electrons. The minimum absolute atomic E-state index is 0.394. The summed E-state index contributed by atoms with van der Waals surface area (Å²) < 4.78 is 13.7. The fourth-order valence-corrected chi connectivity index (χ4v) is 4.87. The molecule has 0 fully saturated rings. The van der Waals surface area contributed by atoms with Gasteiger partial charge in [0, 0.05) is 11.3 Å². The van der Waals surface area contributed by atoms with Gasteiger partial charge in [-0.2, -0.15) is 0 Å². The van der Waals surface area contributed by atoms with Crippen LogP contribution in [-0.4, -0.2) is 24.9 Å². The number of aromatic nitrogens is 5. The van der Waals surface area contributed by atoms with Crippen molar-refractivity contribution in [3.8, 4) is 28.4 Å². The maximum Gasteiger partial charge on any atom is 0.253 e. The van der Waals surface area contributed by atoms with Crippen molar-refractivity contribution >= 4 is 22.8 Å². The summed E-state index contributed by atoms with van der Waals surface area (Å²) in [6.07, 6.45) is 0. The monoisotopic (exact) mass is 479 g/mol. The Hall–Kier alpha value is -4.17. The van der Waals surface area contributed by atoms with Gasteiger partial charge >= 0.3 is 0 Å². The van der Waals surface area contributed by atoms with Crippen molar-refractivity contribution < 1.29 is 8.94 Å². The predicted octanol–water partition coefficient (Wildman–Crippen LogP) is 6.64. The molecular weight excluding hydrogens is 458 g/mol. The van der Waals surface area contributed by atoms with E-state index in [9.17, 15) is 0 Å². The summed E-state index contributed by atoms with van der Waals surface area (Å²) in [5.74, 6) is 2.01. The zero-order chi connectivity index (χ0) is 23.8. The average Bonchev–Trinajstić information content (AvgIpc) is 3.60. The highest BCUT2D eigenvalue weighted by atomic mass is 32.2. The lowest BCUT2D eigenvalue weighted by molar-refractivity contribution is 0.399. The number of benzene rings is 3. The van der Waals surface area contributed by atoms with Crippen LogP contribution in [0.3, 0.4) is 0 Å². The SMILES string of the molecule is Cc1ccc(-n2c(SCc3nnc(-c4c(-c5ccccc5)noc4C)o3)nc3ccccc32)cc1. The molecule has 6 aromatic rings. The molecule has 0 radical (unpaired) electrons. The van der Waals surface area contributed by atoms with Gasteiger partial charge in [0.1, 0.15) is 17.0 Å². The zero-order valence-electron chi connectivity index (χ0n) is 19.2. The lowest BCUT2D eigenvalue weighted by Crippen LogP contribution is -1.97. The van der Waals surface area contributed by atoms with Gasteiger partial charge in [0.05, 0.1) is 16.8 Å². The number of rotatable bonds is 6. The third-order valence-corrected chi connectivity index (χ3v) is 6.66. The van der Waals surface area contributed by atoms with E-state index in [-0.39, 0.29) is 0 Å². The van der Waals surface area contributed by atoms with Crippen LogP contribution in [0.4, 0.5) is 0 Å². The van der Waals surface area contributed by atoms with E-state index in [2.05, 4.69) is 57.2 Å². The van der Waals surface area contributed by atoms with Gasteiger partial charge in [0.15, 0.2) is 5.16 Å². The van der Waals surface area contributed by atoms with Gasteiger partial charge < -0.3 is 8.94 Å². The average molecular weight is 480 g/mol. The second kappa shape index (κ2) is 8.88. The van der Waals surface area contributed by atoms with Crippen LogP contribution in [0.1, 0.15) is 17.2 Å². The molecule has 6 rings (SSSR count). The first kappa shape index (κ1) is 21.4. The summed E-state index contributed by atoms with van der Waals surface area (Å²) in [5, 5.41) is 13.7. The maximum absolute atomic E-state index is 6.05. The molecule has 0 spiro atoms. The van der Waals surface area contributed by atoms with Crippen molar-refractivity contribution in [2.75, 3.05) is 0 Å². The number of fused-ring (bicyclic) bond motifs is 1. The largest absolute Gasteiger partial charge is 0.420 e. The van der Waals surface area contributed by atoms with Crippen molar-refractivity contribution in [1.82, 2.24) is 24.9 Å². The molecule has 0 saturated carbocycles. The normalized spacial score (nSPS) is 11.4. The van der Waals surface area contributed by atoms with Gasteiger partial charge in [-0.3, -0.25) is 4.57 Å². The molecule has 0 amide bonds. The Morgan fingerprint density at radius 3 is 2.46 bits per heavy atom. The van der Waals surface area contributed by atoms with Crippen LogP contribution in [0.2, 0.25) is 0 Å². The van der Waals surface area contributed by atoms with Gasteiger partial charge in [-0.25, -0.2) is 4.98 Å². The maximum atomic E-state index is 6.05. The van der Waals surface area contributed by atoms with E-state index in [4.69, 9.17) is 13.9 Å². The van der Waals surface area contributed by atoms with E-state index in [0.29, 0.717) is 34.6 Å². The lowest BCUT2D eigenvalue weighted by atomic mass is 10.1. The smallest absolute Gasteiger partial charge is 0.253 e. The van der Waals surface area contributed by atoms with Crippen molar-refractivity contribution in [3.63, 3.8) is 0 Å². The molecule has 3 heterocycles. The van der Waals surface area contributed by atoms with Crippen LogP contribution in [0.15, 0.2) is 93.0 Å². The molecular formula is C27H21N5O2S. The summed E-state index contributed by atoms with van der Waals surface area (Å²) >= 11 is 1.56. The lowest BCUT2D eigenvalue weighted by Gasteiger charge is -2.08. The number of imidazole rings is 1. The highest BCUT2D eigenvalue weighted by Crippen LogP contribution is 2.35. The summed E-state index contributed by atoms with van der Waals surface area (Å²) in [6, 6.07) is 26.4. The minimum Gasteiger partial charge on any atom is -0.420 e. The van der Waals surface area contributed by atoms with E-state index in [1.165, 1.54) is 5.56 Å². The molecule has 0 N–H and O–H groups in total. The highest BCUT2D eigenvalue weighted by Gasteiger charge is 2.22. The van der Waals surface area contributed by atoms with Gasteiger partial charge in [-0.15, -0.1) is 10.2 Å². The summed E-state index contributed by atoms with van der Waals surface area (Å²) in [7, 11) is 0. The minimum atomic E-state index is 0.394. The Labute approximate surface area is 205 Å².